The number of carbonyl (C=O) groups excluding carboxylic acids is 1. The van der Waals surface area contributed by atoms with Crippen LogP contribution in [0.1, 0.15) is 52.6 Å². The Kier molecular flexibility index (Phi) is 5.52. The van der Waals surface area contributed by atoms with Crippen molar-refractivity contribution in [3.8, 4) is 0 Å². The highest BCUT2D eigenvalue weighted by molar-refractivity contribution is 6.06. The van der Waals surface area contributed by atoms with Crippen molar-refractivity contribution in [3.05, 3.63) is 83.2 Å². The van der Waals surface area contributed by atoms with Gasteiger partial charge in [-0.1, -0.05) is 25.1 Å². The first-order valence-corrected chi connectivity index (χ1v) is 9.87. The van der Waals surface area contributed by atoms with E-state index in [4.69, 9.17) is 4.52 Å². The summed E-state index contributed by atoms with van der Waals surface area (Å²) in [6.45, 7) is 6.78. The van der Waals surface area contributed by atoms with E-state index in [0.717, 1.165) is 16.8 Å². The van der Waals surface area contributed by atoms with Gasteiger partial charge in [-0.05, 0) is 48.2 Å². The molecule has 1 amide bonds. The van der Waals surface area contributed by atoms with E-state index in [0.29, 0.717) is 35.4 Å². The number of amides is 1. The molecular formula is C23H23N5O2. The van der Waals surface area contributed by atoms with Crippen LogP contribution < -0.4 is 0 Å². The van der Waals surface area contributed by atoms with Crippen LogP contribution in [0.4, 0.5) is 0 Å². The molecule has 0 saturated heterocycles. The van der Waals surface area contributed by atoms with Crippen molar-refractivity contribution in [3.63, 3.8) is 0 Å². The molecule has 152 valence electrons. The predicted octanol–water partition coefficient (Wildman–Crippen LogP) is 4.29. The van der Waals surface area contributed by atoms with Crippen molar-refractivity contribution >= 4 is 17.0 Å². The number of pyridine rings is 3. The Hall–Kier alpha value is -3.61. The summed E-state index contributed by atoms with van der Waals surface area (Å²) >= 11 is 0. The first-order chi connectivity index (χ1) is 14.5. The molecule has 0 bridgehead atoms. The number of fused-ring (bicyclic) bond motifs is 1. The molecule has 4 heterocycles. The molecule has 0 radical (unpaired) electrons. The molecule has 0 aliphatic heterocycles. The van der Waals surface area contributed by atoms with Gasteiger partial charge in [0.25, 0.3) is 11.6 Å². The summed E-state index contributed by atoms with van der Waals surface area (Å²) < 4.78 is 5.40. The van der Waals surface area contributed by atoms with Crippen molar-refractivity contribution in [2.75, 3.05) is 0 Å². The number of hydrogen-bond donors (Lipinski definition) is 0. The molecule has 4 rings (SSSR count). The molecule has 4 aromatic heterocycles. The van der Waals surface area contributed by atoms with E-state index in [1.54, 1.807) is 29.7 Å². The van der Waals surface area contributed by atoms with E-state index in [2.05, 4.69) is 20.1 Å². The van der Waals surface area contributed by atoms with E-state index in [-0.39, 0.29) is 11.8 Å². The van der Waals surface area contributed by atoms with E-state index < -0.39 is 0 Å². The molecular weight excluding hydrogens is 378 g/mol. The average Bonchev–Trinajstić information content (AvgIpc) is 3.14. The van der Waals surface area contributed by atoms with Crippen LogP contribution >= 0.6 is 0 Å². The van der Waals surface area contributed by atoms with Crippen LogP contribution in [-0.4, -0.2) is 30.9 Å². The van der Waals surface area contributed by atoms with Crippen LogP contribution in [0.5, 0.6) is 0 Å². The lowest BCUT2D eigenvalue weighted by Crippen LogP contribution is -2.30. The first-order valence-electron chi connectivity index (χ1n) is 9.87. The molecule has 0 saturated carbocycles. The largest absolute Gasteiger partial charge is 0.336 e. The lowest BCUT2D eigenvalue weighted by molar-refractivity contribution is 0.0731. The van der Waals surface area contributed by atoms with Gasteiger partial charge in [0.2, 0.25) is 0 Å². The van der Waals surface area contributed by atoms with Crippen LogP contribution in [-0.2, 0) is 13.1 Å². The predicted molar refractivity (Wildman–Crippen MR) is 113 cm³/mol. The summed E-state index contributed by atoms with van der Waals surface area (Å²) in [7, 11) is 0. The van der Waals surface area contributed by atoms with Gasteiger partial charge in [-0.2, -0.15) is 0 Å². The van der Waals surface area contributed by atoms with Crippen molar-refractivity contribution in [1.29, 1.82) is 0 Å². The highest BCUT2D eigenvalue weighted by atomic mass is 16.5. The van der Waals surface area contributed by atoms with Crippen LogP contribution in [0.2, 0.25) is 0 Å². The lowest BCUT2D eigenvalue weighted by Gasteiger charge is -2.24. The zero-order valence-electron chi connectivity index (χ0n) is 17.2. The van der Waals surface area contributed by atoms with Gasteiger partial charge in [-0.15, -0.1) is 0 Å². The summed E-state index contributed by atoms with van der Waals surface area (Å²) in [5.41, 5.74) is 4.36. The van der Waals surface area contributed by atoms with Gasteiger partial charge in [0, 0.05) is 43.6 Å². The van der Waals surface area contributed by atoms with Gasteiger partial charge in [0.05, 0.1) is 16.6 Å². The Morgan fingerprint density at radius 2 is 1.83 bits per heavy atom. The summed E-state index contributed by atoms with van der Waals surface area (Å²) in [5, 5.41) is 4.70. The topological polar surface area (TPSA) is 85.0 Å². The van der Waals surface area contributed by atoms with Gasteiger partial charge < -0.3 is 9.42 Å². The second kappa shape index (κ2) is 8.41. The van der Waals surface area contributed by atoms with Crippen molar-refractivity contribution in [2.45, 2.75) is 39.8 Å². The van der Waals surface area contributed by atoms with E-state index in [1.807, 2.05) is 51.1 Å². The number of nitrogens with zero attached hydrogens (tertiary/aromatic N) is 5. The van der Waals surface area contributed by atoms with Gasteiger partial charge in [0.15, 0.2) is 0 Å². The number of carbonyl (C=O) groups is 1. The molecule has 0 aromatic carbocycles. The number of aromatic nitrogens is 4. The zero-order valence-corrected chi connectivity index (χ0v) is 17.2. The monoisotopic (exact) mass is 401 g/mol. The third kappa shape index (κ3) is 4.05. The Balaban J connectivity index is 1.78. The van der Waals surface area contributed by atoms with Crippen LogP contribution in [0.3, 0.4) is 0 Å². The minimum Gasteiger partial charge on any atom is -0.336 e. The molecule has 7 nitrogen and oxygen atoms in total. The molecule has 7 heteroatoms. The van der Waals surface area contributed by atoms with Crippen molar-refractivity contribution in [2.24, 2.45) is 0 Å². The molecule has 0 spiro atoms. The van der Waals surface area contributed by atoms with Gasteiger partial charge in [-0.25, -0.2) is 4.98 Å². The molecule has 30 heavy (non-hydrogen) atoms. The molecule has 0 aliphatic rings. The van der Waals surface area contributed by atoms with Gasteiger partial charge in [0.1, 0.15) is 0 Å². The fourth-order valence-electron chi connectivity index (χ4n) is 3.37. The normalized spacial score (nSPS) is 11.2. The van der Waals surface area contributed by atoms with Gasteiger partial charge >= 0.3 is 0 Å². The second-order valence-corrected chi connectivity index (χ2v) is 7.58. The SMILES string of the molecule is Cc1noc2nc(C(C)C)cc(C(=O)N(Cc3ccncc3)Cc3cccnc3)c12. The minimum atomic E-state index is -0.101. The number of hydrogen-bond acceptors (Lipinski definition) is 6. The molecule has 0 N–H and O–H groups in total. The highest BCUT2D eigenvalue weighted by Gasteiger charge is 2.24. The van der Waals surface area contributed by atoms with Crippen molar-refractivity contribution < 1.29 is 9.32 Å². The van der Waals surface area contributed by atoms with Crippen LogP contribution in [0.15, 0.2) is 59.6 Å². The smallest absolute Gasteiger partial charge is 0.259 e. The van der Waals surface area contributed by atoms with Crippen molar-refractivity contribution in [1.82, 2.24) is 25.0 Å². The molecule has 0 aliphatic carbocycles. The Morgan fingerprint density at radius 3 is 2.53 bits per heavy atom. The maximum absolute atomic E-state index is 13.8. The molecule has 0 unspecified atom stereocenters. The lowest BCUT2D eigenvalue weighted by atomic mass is 10.0. The first kappa shape index (κ1) is 19.7. The highest BCUT2D eigenvalue weighted by Crippen LogP contribution is 2.27. The van der Waals surface area contributed by atoms with E-state index >= 15 is 0 Å². The maximum atomic E-state index is 13.8. The number of aryl methyl sites for hydroxylation is 1. The standard InChI is InChI=1S/C23H23N5O2/c1-15(2)20-11-19(21-16(3)27-30-22(21)26-20)23(29)28(13-17-6-9-24-10-7-17)14-18-5-4-8-25-12-18/h4-12,15H,13-14H2,1-3H3. The fourth-order valence-corrected chi connectivity index (χ4v) is 3.37. The zero-order chi connectivity index (χ0) is 21.1. The molecule has 0 fully saturated rings. The number of rotatable bonds is 6. The summed E-state index contributed by atoms with van der Waals surface area (Å²) in [5.74, 6) is 0.0505. The van der Waals surface area contributed by atoms with E-state index in [1.165, 1.54) is 0 Å². The maximum Gasteiger partial charge on any atom is 0.259 e. The third-order valence-electron chi connectivity index (χ3n) is 4.97. The third-order valence-corrected chi connectivity index (χ3v) is 4.97. The Morgan fingerprint density at radius 1 is 1.07 bits per heavy atom. The minimum absolute atomic E-state index is 0.101. The summed E-state index contributed by atoms with van der Waals surface area (Å²) in [6, 6.07) is 9.52. The van der Waals surface area contributed by atoms with E-state index in [9.17, 15) is 4.79 Å². The van der Waals surface area contributed by atoms with Crippen LogP contribution in [0.25, 0.3) is 11.1 Å². The Labute approximate surface area is 174 Å². The fraction of sp³-hybridized carbons (Fsp3) is 0.261. The molecule has 4 aromatic rings. The average molecular weight is 401 g/mol. The van der Waals surface area contributed by atoms with Gasteiger partial charge in [-0.3, -0.25) is 14.8 Å². The summed E-state index contributed by atoms with van der Waals surface area (Å²) in [4.78, 5) is 28.4. The Bertz CT molecular complexity index is 1110. The van der Waals surface area contributed by atoms with Crippen LogP contribution in [0, 0.1) is 6.92 Å². The molecule has 0 atom stereocenters. The quantitative estimate of drug-likeness (QED) is 0.479. The summed E-state index contributed by atoms with van der Waals surface area (Å²) in [6.07, 6.45) is 6.96. The second-order valence-electron chi connectivity index (χ2n) is 7.58.